The van der Waals surface area contributed by atoms with Crippen molar-refractivity contribution in [1.29, 1.82) is 0 Å². The molecule has 0 aliphatic carbocycles. The Morgan fingerprint density at radius 1 is 1.09 bits per heavy atom. The highest BCUT2D eigenvalue weighted by molar-refractivity contribution is 7.15. The molecule has 3 aromatic heterocycles. The molecular formula is C16H19N5OS. The van der Waals surface area contributed by atoms with Crippen LogP contribution in [0.2, 0.25) is 0 Å². The third kappa shape index (κ3) is 3.02. The lowest BCUT2D eigenvalue weighted by molar-refractivity contribution is 0.0628. The summed E-state index contributed by atoms with van der Waals surface area (Å²) in [6.45, 7) is 5.42. The van der Waals surface area contributed by atoms with Gasteiger partial charge in [-0.1, -0.05) is 0 Å². The molecular weight excluding hydrogens is 310 g/mol. The van der Waals surface area contributed by atoms with Crippen LogP contribution in [0.4, 0.5) is 0 Å². The quantitative estimate of drug-likeness (QED) is 0.731. The summed E-state index contributed by atoms with van der Waals surface area (Å²) in [5.74, 6) is 0.0472. The van der Waals surface area contributed by atoms with Crippen LogP contribution in [0, 0.1) is 0 Å². The average molecular weight is 329 g/mol. The highest BCUT2D eigenvalue weighted by Crippen LogP contribution is 2.14. The number of amides is 1. The smallest absolute Gasteiger partial charge is 0.274 e. The molecule has 0 radical (unpaired) electrons. The van der Waals surface area contributed by atoms with Crippen LogP contribution in [0.25, 0.3) is 4.96 Å². The lowest BCUT2D eigenvalue weighted by atomic mass is 10.3. The Labute approximate surface area is 138 Å². The Balaban J connectivity index is 1.32. The molecule has 1 aliphatic rings. The van der Waals surface area contributed by atoms with Crippen LogP contribution in [0.15, 0.2) is 42.3 Å². The van der Waals surface area contributed by atoms with E-state index in [1.807, 2.05) is 39.2 Å². The van der Waals surface area contributed by atoms with E-state index in [1.165, 1.54) is 0 Å². The van der Waals surface area contributed by atoms with Gasteiger partial charge in [-0.15, -0.1) is 11.3 Å². The molecule has 1 aliphatic heterocycles. The second-order valence-corrected chi connectivity index (χ2v) is 6.65. The van der Waals surface area contributed by atoms with Crippen molar-refractivity contribution in [3.63, 3.8) is 0 Å². The van der Waals surface area contributed by atoms with E-state index >= 15 is 0 Å². The molecule has 1 amide bonds. The van der Waals surface area contributed by atoms with Crippen LogP contribution in [0.3, 0.4) is 0 Å². The zero-order valence-electron chi connectivity index (χ0n) is 12.8. The van der Waals surface area contributed by atoms with E-state index in [2.05, 4.69) is 26.8 Å². The summed E-state index contributed by atoms with van der Waals surface area (Å²) in [6.07, 6.45) is 7.93. The SMILES string of the molecule is O=C(c1cn2ccsc2n1)N1CCN(CCn2cccc2)CC1. The Bertz CT molecular complexity index is 754. The van der Waals surface area contributed by atoms with Gasteiger partial charge in [-0.05, 0) is 12.1 Å². The normalized spacial score (nSPS) is 16.3. The van der Waals surface area contributed by atoms with E-state index in [0.717, 1.165) is 44.2 Å². The fourth-order valence-electron chi connectivity index (χ4n) is 2.94. The van der Waals surface area contributed by atoms with Crippen molar-refractivity contribution in [2.75, 3.05) is 32.7 Å². The fraction of sp³-hybridized carbons (Fsp3) is 0.375. The maximum absolute atomic E-state index is 12.6. The van der Waals surface area contributed by atoms with Crippen LogP contribution in [0.1, 0.15) is 10.5 Å². The molecule has 120 valence electrons. The summed E-state index contributed by atoms with van der Waals surface area (Å²) < 4.78 is 4.10. The van der Waals surface area contributed by atoms with Gasteiger partial charge in [0, 0.05) is 69.4 Å². The third-order valence-electron chi connectivity index (χ3n) is 4.31. The van der Waals surface area contributed by atoms with Crippen molar-refractivity contribution in [1.82, 2.24) is 23.8 Å². The largest absolute Gasteiger partial charge is 0.353 e. The van der Waals surface area contributed by atoms with Crippen LogP contribution in [0.5, 0.6) is 0 Å². The lowest BCUT2D eigenvalue weighted by Crippen LogP contribution is -2.49. The maximum Gasteiger partial charge on any atom is 0.274 e. The van der Waals surface area contributed by atoms with Crippen molar-refractivity contribution < 1.29 is 4.79 Å². The predicted molar refractivity (Wildman–Crippen MR) is 89.8 cm³/mol. The van der Waals surface area contributed by atoms with Gasteiger partial charge in [-0.2, -0.15) is 0 Å². The van der Waals surface area contributed by atoms with Gasteiger partial charge in [0.1, 0.15) is 5.69 Å². The number of aromatic nitrogens is 3. The summed E-state index contributed by atoms with van der Waals surface area (Å²) in [5.41, 5.74) is 0.553. The minimum Gasteiger partial charge on any atom is -0.353 e. The van der Waals surface area contributed by atoms with Gasteiger partial charge in [0.2, 0.25) is 0 Å². The van der Waals surface area contributed by atoms with E-state index in [4.69, 9.17) is 0 Å². The number of fused-ring (bicyclic) bond motifs is 1. The van der Waals surface area contributed by atoms with Crippen LogP contribution in [-0.2, 0) is 6.54 Å². The van der Waals surface area contributed by atoms with Gasteiger partial charge in [0.25, 0.3) is 5.91 Å². The topological polar surface area (TPSA) is 45.8 Å². The highest BCUT2D eigenvalue weighted by Gasteiger charge is 2.23. The molecule has 4 rings (SSSR count). The molecule has 0 atom stereocenters. The summed E-state index contributed by atoms with van der Waals surface area (Å²) in [7, 11) is 0. The molecule has 23 heavy (non-hydrogen) atoms. The van der Waals surface area contributed by atoms with E-state index < -0.39 is 0 Å². The molecule has 0 bridgehead atoms. The Hall–Kier alpha value is -2.12. The van der Waals surface area contributed by atoms with Crippen molar-refractivity contribution in [2.24, 2.45) is 0 Å². The number of imidazole rings is 1. The first-order valence-corrected chi connectivity index (χ1v) is 8.72. The predicted octanol–water partition coefficient (Wildman–Crippen LogP) is 1.66. The Morgan fingerprint density at radius 2 is 1.87 bits per heavy atom. The summed E-state index contributed by atoms with van der Waals surface area (Å²) in [6, 6.07) is 4.10. The number of hydrogen-bond acceptors (Lipinski definition) is 4. The van der Waals surface area contributed by atoms with Crippen molar-refractivity contribution >= 4 is 22.2 Å². The third-order valence-corrected chi connectivity index (χ3v) is 5.08. The molecule has 0 spiro atoms. The number of thiazole rings is 1. The van der Waals surface area contributed by atoms with Gasteiger partial charge in [-0.25, -0.2) is 4.98 Å². The first-order valence-electron chi connectivity index (χ1n) is 7.84. The number of hydrogen-bond donors (Lipinski definition) is 0. The average Bonchev–Trinajstić information content (AvgIpc) is 3.29. The summed E-state index contributed by atoms with van der Waals surface area (Å²) >= 11 is 1.55. The number of rotatable bonds is 4. The molecule has 0 aromatic carbocycles. The van der Waals surface area contributed by atoms with Crippen LogP contribution in [-0.4, -0.2) is 62.4 Å². The lowest BCUT2D eigenvalue weighted by Gasteiger charge is -2.34. The van der Waals surface area contributed by atoms with Gasteiger partial charge in [-0.3, -0.25) is 14.1 Å². The molecule has 6 nitrogen and oxygen atoms in total. The Morgan fingerprint density at radius 3 is 2.61 bits per heavy atom. The van der Waals surface area contributed by atoms with Crippen LogP contribution < -0.4 is 0 Å². The molecule has 1 saturated heterocycles. The molecule has 1 fully saturated rings. The van der Waals surface area contributed by atoms with Crippen molar-refractivity contribution in [2.45, 2.75) is 6.54 Å². The monoisotopic (exact) mass is 329 g/mol. The minimum atomic E-state index is 0.0472. The zero-order valence-corrected chi connectivity index (χ0v) is 13.7. The molecule has 3 aromatic rings. The van der Waals surface area contributed by atoms with Gasteiger partial charge in [0.15, 0.2) is 4.96 Å². The van der Waals surface area contributed by atoms with Crippen LogP contribution >= 0.6 is 11.3 Å². The minimum absolute atomic E-state index is 0.0472. The molecule has 0 N–H and O–H groups in total. The van der Waals surface area contributed by atoms with E-state index in [-0.39, 0.29) is 5.91 Å². The Kier molecular flexibility index (Phi) is 3.88. The number of nitrogens with zero attached hydrogens (tertiary/aromatic N) is 5. The second-order valence-electron chi connectivity index (χ2n) is 5.77. The zero-order chi connectivity index (χ0) is 15.6. The van der Waals surface area contributed by atoms with Crippen molar-refractivity contribution in [3.8, 4) is 0 Å². The molecule has 7 heteroatoms. The van der Waals surface area contributed by atoms with E-state index in [9.17, 15) is 4.79 Å². The van der Waals surface area contributed by atoms with E-state index in [0.29, 0.717) is 5.69 Å². The number of piperazine rings is 1. The number of carbonyl (C=O) groups is 1. The first kappa shape index (κ1) is 14.5. The summed E-state index contributed by atoms with van der Waals surface area (Å²) in [4.78, 5) is 22.2. The van der Waals surface area contributed by atoms with E-state index in [1.54, 1.807) is 11.3 Å². The summed E-state index contributed by atoms with van der Waals surface area (Å²) in [5, 5.41) is 1.97. The number of carbonyl (C=O) groups excluding carboxylic acids is 1. The fourth-order valence-corrected chi connectivity index (χ4v) is 3.64. The molecule has 0 saturated carbocycles. The molecule has 4 heterocycles. The van der Waals surface area contributed by atoms with Gasteiger partial charge < -0.3 is 9.47 Å². The first-order chi connectivity index (χ1) is 11.3. The maximum atomic E-state index is 12.6. The molecule has 0 unspecified atom stereocenters. The van der Waals surface area contributed by atoms with Gasteiger partial charge in [0.05, 0.1) is 0 Å². The standard InChI is InChI=1S/C16H19N5OS/c22-15(14-13-21-11-12-23-16(21)17-14)20-9-7-19(8-10-20)6-5-18-3-1-2-4-18/h1-4,11-13H,5-10H2. The highest BCUT2D eigenvalue weighted by atomic mass is 32.1. The van der Waals surface area contributed by atoms with Gasteiger partial charge >= 0.3 is 0 Å². The van der Waals surface area contributed by atoms with Crippen molar-refractivity contribution in [3.05, 3.63) is 48.0 Å². The second kappa shape index (κ2) is 6.17.